The highest BCUT2D eigenvalue weighted by Gasteiger charge is 2.28. The van der Waals surface area contributed by atoms with Crippen LogP contribution < -0.4 is 5.32 Å². The number of anilines is 1. The minimum Gasteiger partial charge on any atom is -0.378 e. The predicted octanol–water partition coefficient (Wildman–Crippen LogP) is 4.27. The second kappa shape index (κ2) is 6.97. The van der Waals surface area contributed by atoms with E-state index in [1.54, 1.807) is 0 Å². The molecule has 1 N–H and O–H groups in total. The molecule has 1 saturated heterocycles. The number of rotatable bonds is 4. The Balaban J connectivity index is 1.71. The summed E-state index contributed by atoms with van der Waals surface area (Å²) in [4.78, 5) is 19.6. The van der Waals surface area contributed by atoms with Crippen molar-refractivity contribution in [3.8, 4) is 0 Å². The van der Waals surface area contributed by atoms with Gasteiger partial charge in [-0.2, -0.15) is 0 Å². The fraction of sp³-hybridized carbons (Fsp3) is 0.391. The average molecular weight is 377 g/mol. The monoisotopic (exact) mass is 376 g/mol. The van der Waals surface area contributed by atoms with Gasteiger partial charge in [0.1, 0.15) is 0 Å². The van der Waals surface area contributed by atoms with Crippen LogP contribution in [0.2, 0.25) is 0 Å². The van der Waals surface area contributed by atoms with Crippen LogP contribution in [0.4, 0.5) is 5.69 Å². The topological polar surface area (TPSA) is 49.6 Å². The van der Waals surface area contributed by atoms with Gasteiger partial charge in [0.2, 0.25) is 0 Å². The smallest absolute Gasteiger partial charge is 0.255 e. The van der Waals surface area contributed by atoms with E-state index in [2.05, 4.69) is 44.3 Å². The Morgan fingerprint density at radius 1 is 1.18 bits per heavy atom. The fourth-order valence-electron chi connectivity index (χ4n) is 3.98. The Kier molecular flexibility index (Phi) is 4.61. The van der Waals surface area contributed by atoms with Crippen molar-refractivity contribution < 1.29 is 4.79 Å². The third-order valence-electron chi connectivity index (χ3n) is 5.89. The molecule has 1 aliphatic rings. The zero-order valence-electron chi connectivity index (χ0n) is 17.3. The number of pyridine rings is 1. The predicted molar refractivity (Wildman–Crippen MR) is 113 cm³/mol. The molecule has 3 aromatic rings. The molecule has 0 atom stereocenters. The van der Waals surface area contributed by atoms with Crippen LogP contribution in [0.25, 0.3) is 5.65 Å². The van der Waals surface area contributed by atoms with Gasteiger partial charge in [-0.15, -0.1) is 0 Å². The summed E-state index contributed by atoms with van der Waals surface area (Å²) >= 11 is 0. The highest BCUT2D eigenvalue weighted by molar-refractivity contribution is 5.96. The van der Waals surface area contributed by atoms with Gasteiger partial charge in [-0.1, -0.05) is 25.1 Å². The highest BCUT2D eigenvalue weighted by Crippen LogP contribution is 2.26. The average Bonchev–Trinajstić information content (AvgIpc) is 2.92. The maximum Gasteiger partial charge on any atom is 0.255 e. The first-order valence-electron chi connectivity index (χ1n) is 9.92. The Labute approximate surface area is 166 Å². The summed E-state index contributed by atoms with van der Waals surface area (Å²) in [6, 6.07) is 8.31. The van der Waals surface area contributed by atoms with Crippen molar-refractivity contribution >= 4 is 17.2 Å². The molecule has 1 fully saturated rings. The molecule has 5 nitrogen and oxygen atoms in total. The molecule has 2 aromatic heterocycles. The summed E-state index contributed by atoms with van der Waals surface area (Å²) in [5, 5.41) is 3.55. The van der Waals surface area contributed by atoms with Crippen LogP contribution in [0, 0.1) is 33.6 Å². The highest BCUT2D eigenvalue weighted by atomic mass is 16.2. The molecule has 1 aromatic carbocycles. The van der Waals surface area contributed by atoms with E-state index >= 15 is 0 Å². The lowest BCUT2D eigenvalue weighted by Crippen LogP contribution is -2.48. The van der Waals surface area contributed by atoms with Crippen LogP contribution in [-0.2, 0) is 6.54 Å². The summed E-state index contributed by atoms with van der Waals surface area (Å²) in [5.41, 5.74) is 8.35. The lowest BCUT2D eigenvalue weighted by molar-refractivity contribution is 0.0530. The lowest BCUT2D eigenvalue weighted by atomic mass is 10.0. The first kappa shape index (κ1) is 18.5. The Morgan fingerprint density at radius 3 is 2.50 bits per heavy atom. The molecular weight excluding hydrogens is 348 g/mol. The molecule has 4 rings (SSSR count). The van der Waals surface area contributed by atoms with Crippen molar-refractivity contribution in [2.45, 2.75) is 41.2 Å². The van der Waals surface area contributed by atoms with Gasteiger partial charge >= 0.3 is 0 Å². The summed E-state index contributed by atoms with van der Waals surface area (Å²) in [6.45, 7) is 12.9. The van der Waals surface area contributed by atoms with Crippen molar-refractivity contribution in [3.05, 3.63) is 64.1 Å². The van der Waals surface area contributed by atoms with Crippen LogP contribution in [0.3, 0.4) is 0 Å². The molecule has 0 radical (unpaired) electrons. The molecule has 28 heavy (non-hydrogen) atoms. The number of hydrogen-bond acceptors (Lipinski definition) is 3. The molecule has 3 heterocycles. The van der Waals surface area contributed by atoms with Gasteiger partial charge < -0.3 is 14.6 Å². The number of carbonyl (C=O) groups is 1. The van der Waals surface area contributed by atoms with E-state index in [0.29, 0.717) is 18.0 Å². The molecule has 1 aliphatic heterocycles. The molecule has 0 aliphatic carbocycles. The van der Waals surface area contributed by atoms with Crippen LogP contribution in [0.5, 0.6) is 0 Å². The minimum atomic E-state index is 0.0980. The molecule has 146 valence electrons. The van der Waals surface area contributed by atoms with E-state index in [1.807, 2.05) is 35.4 Å². The number of benzene rings is 1. The van der Waals surface area contributed by atoms with Crippen LogP contribution in [0.1, 0.15) is 45.4 Å². The number of imidazole rings is 1. The van der Waals surface area contributed by atoms with Crippen LogP contribution in [0.15, 0.2) is 30.5 Å². The first-order chi connectivity index (χ1) is 13.3. The van der Waals surface area contributed by atoms with Gasteiger partial charge in [0.25, 0.3) is 5.91 Å². The molecule has 0 unspecified atom stereocenters. The maximum atomic E-state index is 12.9. The molecular formula is C23H28N4O. The quantitative estimate of drug-likeness (QED) is 0.740. The Hall–Kier alpha value is -2.82. The molecule has 0 bridgehead atoms. The zero-order chi connectivity index (χ0) is 20.0. The number of nitrogens with one attached hydrogen (secondary N) is 1. The van der Waals surface area contributed by atoms with Gasteiger partial charge in [0.05, 0.1) is 16.9 Å². The van der Waals surface area contributed by atoms with Gasteiger partial charge in [-0.3, -0.25) is 4.79 Å². The van der Waals surface area contributed by atoms with E-state index in [4.69, 9.17) is 4.98 Å². The minimum absolute atomic E-state index is 0.0980. The standard InChI is InChI=1S/C23H28N4O/c1-14-11-26(12-14)23(28)19-9-21(22-25-17(4)18(5)27(22)13-19)24-10-20-15(2)7-6-8-16(20)3/h6-9,13-14,24H,10-12H2,1-5H3. The number of carbonyl (C=O) groups excluding carboxylic acids is 1. The molecule has 0 saturated carbocycles. The fourth-order valence-corrected chi connectivity index (χ4v) is 3.98. The Morgan fingerprint density at radius 2 is 1.86 bits per heavy atom. The number of aromatic nitrogens is 2. The van der Waals surface area contributed by atoms with Gasteiger partial charge in [0.15, 0.2) is 5.65 Å². The van der Waals surface area contributed by atoms with Crippen molar-refractivity contribution in [2.75, 3.05) is 18.4 Å². The number of aryl methyl sites for hydroxylation is 4. The first-order valence-corrected chi connectivity index (χ1v) is 9.92. The maximum absolute atomic E-state index is 12.9. The second-order valence-electron chi connectivity index (χ2n) is 8.16. The van der Waals surface area contributed by atoms with Crippen LogP contribution >= 0.6 is 0 Å². The number of likely N-dealkylation sites (tertiary alicyclic amines) is 1. The summed E-state index contributed by atoms with van der Waals surface area (Å²) < 4.78 is 2.04. The van der Waals surface area contributed by atoms with E-state index < -0.39 is 0 Å². The van der Waals surface area contributed by atoms with Gasteiger partial charge in [0, 0.05) is 31.5 Å². The van der Waals surface area contributed by atoms with Gasteiger partial charge in [-0.25, -0.2) is 4.98 Å². The van der Waals surface area contributed by atoms with Gasteiger partial charge in [-0.05, 0) is 56.4 Å². The van der Waals surface area contributed by atoms with Crippen molar-refractivity contribution in [1.29, 1.82) is 0 Å². The number of hydrogen-bond donors (Lipinski definition) is 1. The third kappa shape index (κ3) is 3.15. The second-order valence-corrected chi connectivity index (χ2v) is 8.16. The van der Waals surface area contributed by atoms with E-state index in [0.717, 1.165) is 35.8 Å². The lowest BCUT2D eigenvalue weighted by Gasteiger charge is -2.37. The number of amides is 1. The normalized spacial score (nSPS) is 14.4. The Bertz CT molecular complexity index is 1040. The summed E-state index contributed by atoms with van der Waals surface area (Å²) in [6.07, 6.45) is 1.93. The third-order valence-corrected chi connectivity index (χ3v) is 5.89. The van der Waals surface area contributed by atoms with Crippen LogP contribution in [-0.4, -0.2) is 33.3 Å². The van der Waals surface area contributed by atoms with Crippen molar-refractivity contribution in [1.82, 2.24) is 14.3 Å². The summed E-state index contributed by atoms with van der Waals surface area (Å²) in [5.74, 6) is 0.687. The largest absolute Gasteiger partial charge is 0.378 e. The van der Waals surface area contributed by atoms with E-state index in [-0.39, 0.29) is 5.91 Å². The van der Waals surface area contributed by atoms with Crippen molar-refractivity contribution in [3.63, 3.8) is 0 Å². The van der Waals surface area contributed by atoms with Crippen molar-refractivity contribution in [2.24, 2.45) is 5.92 Å². The zero-order valence-corrected chi connectivity index (χ0v) is 17.3. The van der Waals surface area contributed by atoms with E-state index in [9.17, 15) is 4.79 Å². The molecule has 1 amide bonds. The summed E-state index contributed by atoms with van der Waals surface area (Å²) in [7, 11) is 0. The molecule has 0 spiro atoms. The number of nitrogens with zero attached hydrogens (tertiary/aromatic N) is 3. The number of fused-ring (bicyclic) bond motifs is 1. The molecule has 5 heteroatoms. The SMILES string of the molecule is Cc1cccc(C)c1CNc1cc(C(=O)N2CC(C)C2)cn2c(C)c(C)nc12. The van der Waals surface area contributed by atoms with E-state index in [1.165, 1.54) is 16.7 Å².